The van der Waals surface area contributed by atoms with E-state index in [1.807, 2.05) is 36.5 Å². The number of thioether (sulfide) groups is 1. The van der Waals surface area contributed by atoms with Gasteiger partial charge in [-0.1, -0.05) is 11.8 Å². The summed E-state index contributed by atoms with van der Waals surface area (Å²) in [5.74, 6) is 1.14. The topological polar surface area (TPSA) is 99.6 Å². The number of aliphatic hydroxyl groups excluding tert-OH is 2. The third-order valence-corrected chi connectivity index (χ3v) is 5.30. The van der Waals surface area contributed by atoms with E-state index in [1.54, 1.807) is 0 Å². The van der Waals surface area contributed by atoms with Gasteiger partial charge in [0.2, 0.25) is 0 Å². The molecule has 8 nitrogen and oxygen atoms in total. The molecule has 3 heterocycles. The molecule has 1 amide bonds. The Morgan fingerprint density at radius 2 is 1.96 bits per heavy atom. The summed E-state index contributed by atoms with van der Waals surface area (Å²) in [6.07, 6.45) is 1.26. The predicted octanol–water partition coefficient (Wildman–Crippen LogP) is 0.774. The molecule has 1 atom stereocenters. The molecule has 0 fully saturated rings. The molecule has 2 aliphatic heterocycles. The van der Waals surface area contributed by atoms with Gasteiger partial charge >= 0.3 is 0 Å². The monoisotopic (exact) mass is 366 g/mol. The van der Waals surface area contributed by atoms with Crippen molar-refractivity contribution in [2.24, 2.45) is 9.98 Å². The standard InChI is InChI=1S/C16H22N4O4S/c1-8-9(2)19(7-24-11(5-21)6-22)13-12(8)14-17-15(23)10(3)20(14)16(18-13)25-4/h10-11,21-22H,5-7H2,1-4H3. The summed E-state index contributed by atoms with van der Waals surface area (Å²) in [6.45, 7) is 5.37. The first-order valence-corrected chi connectivity index (χ1v) is 9.24. The molecule has 136 valence electrons. The van der Waals surface area contributed by atoms with Crippen LogP contribution in [0, 0.1) is 13.8 Å². The molecule has 2 aliphatic rings. The van der Waals surface area contributed by atoms with Crippen molar-refractivity contribution >= 4 is 34.5 Å². The molecule has 0 saturated heterocycles. The van der Waals surface area contributed by atoms with E-state index in [-0.39, 0.29) is 31.9 Å². The van der Waals surface area contributed by atoms with Gasteiger partial charge < -0.3 is 19.5 Å². The molecule has 1 aromatic heterocycles. The summed E-state index contributed by atoms with van der Waals surface area (Å²) in [4.78, 5) is 23.0. The van der Waals surface area contributed by atoms with E-state index < -0.39 is 6.10 Å². The fourth-order valence-electron chi connectivity index (χ4n) is 3.00. The zero-order chi connectivity index (χ0) is 18.3. The zero-order valence-electron chi connectivity index (χ0n) is 14.7. The van der Waals surface area contributed by atoms with Crippen molar-refractivity contribution in [3.8, 4) is 0 Å². The summed E-state index contributed by atoms with van der Waals surface area (Å²) < 4.78 is 7.46. The predicted molar refractivity (Wildman–Crippen MR) is 96.4 cm³/mol. The second-order valence-electron chi connectivity index (χ2n) is 6.04. The van der Waals surface area contributed by atoms with Crippen LogP contribution in [0.5, 0.6) is 0 Å². The van der Waals surface area contributed by atoms with Gasteiger partial charge in [0, 0.05) is 5.69 Å². The summed E-state index contributed by atoms with van der Waals surface area (Å²) in [7, 11) is 0. The van der Waals surface area contributed by atoms with Crippen LogP contribution in [0.4, 0.5) is 5.82 Å². The van der Waals surface area contributed by atoms with Crippen molar-refractivity contribution in [1.29, 1.82) is 0 Å². The van der Waals surface area contributed by atoms with Crippen molar-refractivity contribution in [2.45, 2.75) is 39.6 Å². The van der Waals surface area contributed by atoms with Gasteiger partial charge in [-0.2, -0.15) is 4.99 Å². The molecule has 0 aliphatic carbocycles. The number of amidine groups is 2. The second kappa shape index (κ2) is 6.91. The first-order chi connectivity index (χ1) is 11.9. The molecule has 0 aromatic carbocycles. The molecule has 3 rings (SSSR count). The Bertz CT molecular complexity index is 767. The Balaban J connectivity index is 2.07. The van der Waals surface area contributed by atoms with Crippen molar-refractivity contribution in [1.82, 2.24) is 9.47 Å². The largest absolute Gasteiger partial charge is 0.394 e. The van der Waals surface area contributed by atoms with Gasteiger partial charge in [0.25, 0.3) is 5.91 Å². The van der Waals surface area contributed by atoms with E-state index in [1.165, 1.54) is 11.8 Å². The van der Waals surface area contributed by atoms with Crippen LogP contribution < -0.4 is 0 Å². The van der Waals surface area contributed by atoms with Gasteiger partial charge in [-0.3, -0.25) is 9.69 Å². The highest BCUT2D eigenvalue weighted by atomic mass is 32.2. The van der Waals surface area contributed by atoms with E-state index in [2.05, 4.69) is 4.99 Å². The lowest BCUT2D eigenvalue weighted by Crippen LogP contribution is -2.41. The fourth-order valence-corrected chi connectivity index (χ4v) is 3.62. The van der Waals surface area contributed by atoms with Crippen molar-refractivity contribution < 1.29 is 19.7 Å². The number of hydrogen-bond donors (Lipinski definition) is 2. The second-order valence-corrected chi connectivity index (χ2v) is 6.81. The maximum Gasteiger partial charge on any atom is 0.270 e. The number of aromatic nitrogens is 1. The van der Waals surface area contributed by atoms with Crippen LogP contribution in [0.15, 0.2) is 9.98 Å². The van der Waals surface area contributed by atoms with E-state index in [9.17, 15) is 15.0 Å². The van der Waals surface area contributed by atoms with Gasteiger partial charge in [-0.15, -0.1) is 0 Å². The van der Waals surface area contributed by atoms with Gasteiger partial charge in [-0.25, -0.2) is 4.99 Å². The number of aliphatic hydroxyl groups is 2. The van der Waals surface area contributed by atoms with E-state index in [4.69, 9.17) is 9.73 Å². The van der Waals surface area contributed by atoms with Gasteiger partial charge in [0.15, 0.2) is 11.0 Å². The lowest BCUT2D eigenvalue weighted by molar-refractivity contribution is -0.119. The lowest BCUT2D eigenvalue weighted by Gasteiger charge is -2.28. The number of hydrogen-bond acceptors (Lipinski definition) is 7. The quantitative estimate of drug-likeness (QED) is 0.799. The van der Waals surface area contributed by atoms with Gasteiger partial charge in [0.1, 0.15) is 24.7 Å². The Labute approximate surface area is 150 Å². The number of nitrogens with zero attached hydrogens (tertiary/aromatic N) is 4. The zero-order valence-corrected chi connectivity index (χ0v) is 15.5. The molecule has 1 aromatic rings. The number of carbonyl (C=O) groups excluding carboxylic acids is 1. The number of carbonyl (C=O) groups is 1. The summed E-state index contributed by atoms with van der Waals surface area (Å²) in [6, 6.07) is -0.359. The fraction of sp³-hybridized carbons (Fsp3) is 0.562. The van der Waals surface area contributed by atoms with Crippen molar-refractivity contribution in [3.63, 3.8) is 0 Å². The average molecular weight is 366 g/mol. The number of amides is 1. The van der Waals surface area contributed by atoms with Crippen molar-refractivity contribution in [2.75, 3.05) is 19.5 Å². The Kier molecular flexibility index (Phi) is 5.01. The molecule has 0 radical (unpaired) electrons. The first kappa shape index (κ1) is 18.1. The van der Waals surface area contributed by atoms with Crippen LogP contribution in [-0.2, 0) is 16.3 Å². The van der Waals surface area contributed by atoms with E-state index >= 15 is 0 Å². The average Bonchev–Trinajstić information content (AvgIpc) is 3.03. The van der Waals surface area contributed by atoms with Crippen molar-refractivity contribution in [3.05, 3.63) is 16.8 Å². The Morgan fingerprint density at radius 3 is 2.56 bits per heavy atom. The summed E-state index contributed by atoms with van der Waals surface area (Å²) >= 11 is 1.46. The maximum atomic E-state index is 12.1. The molecule has 1 unspecified atom stereocenters. The van der Waals surface area contributed by atoms with Gasteiger partial charge in [-0.05, 0) is 32.6 Å². The van der Waals surface area contributed by atoms with Gasteiger partial charge in [0.05, 0.1) is 18.8 Å². The summed E-state index contributed by atoms with van der Waals surface area (Å²) in [5, 5.41) is 19.1. The number of rotatable bonds is 5. The highest BCUT2D eigenvalue weighted by Crippen LogP contribution is 2.38. The minimum absolute atomic E-state index is 0.149. The van der Waals surface area contributed by atoms with Crippen LogP contribution >= 0.6 is 11.8 Å². The summed E-state index contributed by atoms with van der Waals surface area (Å²) in [5.41, 5.74) is 2.76. The smallest absolute Gasteiger partial charge is 0.270 e. The molecule has 0 bridgehead atoms. The van der Waals surface area contributed by atoms with E-state index in [0.29, 0.717) is 16.8 Å². The highest BCUT2D eigenvalue weighted by Gasteiger charge is 2.41. The van der Waals surface area contributed by atoms with Crippen LogP contribution in [0.2, 0.25) is 0 Å². The molecule has 25 heavy (non-hydrogen) atoms. The molecule has 0 spiro atoms. The minimum Gasteiger partial charge on any atom is -0.394 e. The highest BCUT2D eigenvalue weighted by molar-refractivity contribution is 8.13. The SMILES string of the molecule is CSC1=Nc2c(c(C)c(C)n2COC(CO)CO)C2=NC(=O)C(C)N12. The Hall–Kier alpha value is -1.68. The molecule has 9 heteroatoms. The Morgan fingerprint density at radius 1 is 1.28 bits per heavy atom. The molecular weight excluding hydrogens is 344 g/mol. The maximum absolute atomic E-state index is 12.1. The third kappa shape index (κ3) is 2.80. The first-order valence-electron chi connectivity index (χ1n) is 8.02. The number of fused-ring (bicyclic) bond motifs is 3. The number of ether oxygens (including phenoxy) is 1. The molecule has 2 N–H and O–H groups in total. The third-order valence-electron chi connectivity index (χ3n) is 4.65. The van der Waals surface area contributed by atoms with E-state index in [0.717, 1.165) is 16.8 Å². The van der Waals surface area contributed by atoms with Crippen LogP contribution in [0.1, 0.15) is 23.7 Å². The number of aliphatic imine (C=N–C) groups is 2. The normalized spacial score (nSPS) is 19.2. The van der Waals surface area contributed by atoms with Crippen LogP contribution in [-0.4, -0.2) is 68.2 Å². The lowest BCUT2D eigenvalue weighted by atomic mass is 10.1. The van der Waals surface area contributed by atoms with Crippen LogP contribution in [0.25, 0.3) is 0 Å². The molecule has 0 saturated carbocycles. The minimum atomic E-state index is -0.646. The molecular formula is C16H22N4O4S. The van der Waals surface area contributed by atoms with Crippen LogP contribution in [0.3, 0.4) is 0 Å².